The van der Waals surface area contributed by atoms with Crippen molar-refractivity contribution < 1.29 is 23.5 Å². The second-order valence-electron chi connectivity index (χ2n) is 4.31. The smallest absolute Gasteiger partial charge is 0.321 e. The number of carbonyl (C=O) groups is 3. The van der Waals surface area contributed by atoms with Crippen LogP contribution in [0.25, 0.3) is 0 Å². The van der Waals surface area contributed by atoms with Crippen molar-refractivity contribution in [3.63, 3.8) is 0 Å². The van der Waals surface area contributed by atoms with Crippen LogP contribution in [-0.4, -0.2) is 30.4 Å². The molecule has 2 N–H and O–H groups in total. The van der Waals surface area contributed by atoms with Gasteiger partial charge in [-0.2, -0.15) is 0 Å². The fourth-order valence-electron chi connectivity index (χ4n) is 1.55. The van der Waals surface area contributed by atoms with Crippen molar-refractivity contribution in [3.05, 3.63) is 29.6 Å². The number of nitrogens with one attached hydrogen (secondary N) is 2. The molecule has 6 nitrogen and oxygen atoms in total. The van der Waals surface area contributed by atoms with E-state index < -0.39 is 23.9 Å². The molecule has 0 saturated heterocycles. The number of benzene rings is 1. The largest absolute Gasteiger partial charge is 0.480 e. The summed E-state index contributed by atoms with van der Waals surface area (Å²) in [5.74, 6) is -1.64. The van der Waals surface area contributed by atoms with E-state index >= 15 is 0 Å². The van der Waals surface area contributed by atoms with Crippen LogP contribution in [0.4, 0.5) is 9.18 Å². The zero-order chi connectivity index (χ0) is 16.0. The summed E-state index contributed by atoms with van der Waals surface area (Å²) in [7, 11) is 0. The molecule has 0 aliphatic rings. The summed E-state index contributed by atoms with van der Waals surface area (Å²) in [6, 6.07) is 2.78. The molecule has 0 heterocycles. The van der Waals surface area contributed by atoms with Gasteiger partial charge in [0, 0.05) is 12.6 Å². The number of amides is 3. The number of carbonyl (C=O) groups excluding carboxylic acids is 3. The minimum atomic E-state index is -1.06. The molecule has 7 heteroatoms. The van der Waals surface area contributed by atoms with Crippen LogP contribution in [0.2, 0.25) is 0 Å². The number of rotatable bonds is 5. The van der Waals surface area contributed by atoms with Gasteiger partial charge in [0.25, 0.3) is 5.91 Å². The second kappa shape index (κ2) is 7.37. The maximum atomic E-state index is 13.2. The summed E-state index contributed by atoms with van der Waals surface area (Å²) in [6.07, 6.45) is -1.06. The number of imide groups is 1. The number of urea groups is 1. The van der Waals surface area contributed by atoms with Crippen LogP contribution in [0.15, 0.2) is 18.2 Å². The van der Waals surface area contributed by atoms with Gasteiger partial charge in [0.15, 0.2) is 11.9 Å². The fraction of sp³-hybridized carbons (Fsp3) is 0.357. The lowest BCUT2D eigenvalue weighted by Crippen LogP contribution is -2.45. The zero-order valence-electron chi connectivity index (χ0n) is 12.0. The Labute approximate surface area is 121 Å². The first-order valence-electron chi connectivity index (χ1n) is 6.41. The van der Waals surface area contributed by atoms with Crippen molar-refractivity contribution in [3.8, 4) is 5.75 Å². The number of hydrogen-bond acceptors (Lipinski definition) is 4. The van der Waals surface area contributed by atoms with Gasteiger partial charge >= 0.3 is 6.03 Å². The SMILES string of the molecule is CCNC(=O)NC(=O)C(C)Oc1cc(F)ccc1C(C)=O. The maximum absolute atomic E-state index is 13.2. The van der Waals surface area contributed by atoms with Gasteiger partial charge in [0.05, 0.1) is 5.56 Å². The van der Waals surface area contributed by atoms with Crippen molar-refractivity contribution in [1.29, 1.82) is 0 Å². The van der Waals surface area contributed by atoms with Crippen LogP contribution in [-0.2, 0) is 4.79 Å². The van der Waals surface area contributed by atoms with Gasteiger partial charge in [-0.3, -0.25) is 14.9 Å². The van der Waals surface area contributed by atoms with Gasteiger partial charge in [-0.25, -0.2) is 9.18 Å². The summed E-state index contributed by atoms with van der Waals surface area (Å²) < 4.78 is 18.5. The molecule has 0 radical (unpaired) electrons. The molecule has 1 unspecified atom stereocenters. The van der Waals surface area contributed by atoms with E-state index in [0.717, 1.165) is 12.1 Å². The Morgan fingerprint density at radius 2 is 2.00 bits per heavy atom. The van der Waals surface area contributed by atoms with Gasteiger partial charge in [0.2, 0.25) is 0 Å². The standard InChI is InChI=1S/C14H17FN2O4/c1-4-16-14(20)17-13(19)9(3)21-12-7-10(15)5-6-11(12)8(2)18/h5-7,9H,4H2,1-3H3,(H2,16,17,19,20). The summed E-state index contributed by atoms with van der Waals surface area (Å²) in [6.45, 7) is 4.77. The molecule has 0 spiro atoms. The van der Waals surface area contributed by atoms with E-state index in [9.17, 15) is 18.8 Å². The monoisotopic (exact) mass is 296 g/mol. The highest BCUT2D eigenvalue weighted by Gasteiger charge is 2.20. The predicted molar refractivity (Wildman–Crippen MR) is 73.7 cm³/mol. The lowest BCUT2D eigenvalue weighted by molar-refractivity contribution is -0.126. The predicted octanol–water partition coefficient (Wildman–Crippen LogP) is 1.64. The van der Waals surface area contributed by atoms with Crippen LogP contribution in [0.3, 0.4) is 0 Å². The molecular formula is C14H17FN2O4. The van der Waals surface area contributed by atoms with E-state index in [1.807, 2.05) is 0 Å². The van der Waals surface area contributed by atoms with Crippen molar-refractivity contribution in [2.24, 2.45) is 0 Å². The fourth-order valence-corrected chi connectivity index (χ4v) is 1.55. The average molecular weight is 296 g/mol. The molecule has 1 aromatic carbocycles. The minimum Gasteiger partial charge on any atom is -0.480 e. The number of ketones is 1. The molecule has 1 rings (SSSR count). The quantitative estimate of drug-likeness (QED) is 0.809. The van der Waals surface area contributed by atoms with E-state index in [0.29, 0.717) is 6.54 Å². The Bertz CT molecular complexity index is 560. The lowest BCUT2D eigenvalue weighted by atomic mass is 10.1. The lowest BCUT2D eigenvalue weighted by Gasteiger charge is -2.16. The molecule has 3 amide bonds. The first kappa shape index (κ1) is 16.6. The van der Waals surface area contributed by atoms with Gasteiger partial charge in [-0.1, -0.05) is 0 Å². The number of hydrogen-bond donors (Lipinski definition) is 2. The third-order valence-corrected chi connectivity index (χ3v) is 2.57. The highest BCUT2D eigenvalue weighted by atomic mass is 19.1. The average Bonchev–Trinajstić information content (AvgIpc) is 2.38. The van der Waals surface area contributed by atoms with Gasteiger partial charge < -0.3 is 10.1 Å². The molecule has 0 aliphatic heterocycles. The van der Waals surface area contributed by atoms with Gasteiger partial charge in [0.1, 0.15) is 11.6 Å². The van der Waals surface area contributed by atoms with E-state index in [4.69, 9.17) is 4.74 Å². The van der Waals surface area contributed by atoms with Crippen molar-refractivity contribution in [1.82, 2.24) is 10.6 Å². The third-order valence-electron chi connectivity index (χ3n) is 2.57. The third kappa shape index (κ3) is 4.87. The molecule has 21 heavy (non-hydrogen) atoms. The molecule has 0 bridgehead atoms. The Balaban J connectivity index is 2.80. The highest BCUT2D eigenvalue weighted by molar-refractivity contribution is 5.98. The van der Waals surface area contributed by atoms with Crippen molar-refractivity contribution >= 4 is 17.7 Å². The first-order chi connectivity index (χ1) is 9.85. The summed E-state index contributed by atoms with van der Waals surface area (Å²) in [5, 5.41) is 4.46. The first-order valence-corrected chi connectivity index (χ1v) is 6.41. The second-order valence-corrected chi connectivity index (χ2v) is 4.31. The molecule has 0 aromatic heterocycles. The van der Waals surface area contributed by atoms with Crippen LogP contribution in [0.5, 0.6) is 5.75 Å². The summed E-state index contributed by atoms with van der Waals surface area (Å²) in [5.41, 5.74) is 0.161. The molecule has 0 saturated carbocycles. The zero-order valence-corrected chi connectivity index (χ0v) is 12.0. The van der Waals surface area contributed by atoms with Crippen molar-refractivity contribution in [2.45, 2.75) is 26.9 Å². The number of halogens is 1. The van der Waals surface area contributed by atoms with Crippen LogP contribution < -0.4 is 15.4 Å². The Morgan fingerprint density at radius 3 is 2.57 bits per heavy atom. The molecular weight excluding hydrogens is 279 g/mol. The summed E-state index contributed by atoms with van der Waals surface area (Å²) >= 11 is 0. The van der Waals surface area contributed by atoms with E-state index in [1.54, 1.807) is 6.92 Å². The molecule has 1 atom stereocenters. The van der Waals surface area contributed by atoms with Gasteiger partial charge in [-0.05, 0) is 32.9 Å². The Kier molecular flexibility index (Phi) is 5.83. The number of ether oxygens (including phenoxy) is 1. The Hall–Kier alpha value is -2.44. The Morgan fingerprint density at radius 1 is 1.33 bits per heavy atom. The van der Waals surface area contributed by atoms with Gasteiger partial charge in [-0.15, -0.1) is 0 Å². The minimum absolute atomic E-state index is 0.0407. The van der Waals surface area contributed by atoms with Crippen LogP contribution in [0.1, 0.15) is 31.1 Å². The number of Topliss-reactive ketones (excluding diaryl/α,β-unsaturated/α-hetero) is 1. The molecule has 1 aromatic rings. The topological polar surface area (TPSA) is 84.5 Å². The van der Waals surface area contributed by atoms with E-state index in [-0.39, 0.29) is 17.1 Å². The van der Waals surface area contributed by atoms with Crippen molar-refractivity contribution in [2.75, 3.05) is 6.54 Å². The van der Waals surface area contributed by atoms with Crippen LogP contribution in [0, 0.1) is 5.82 Å². The van der Waals surface area contributed by atoms with E-state index in [2.05, 4.69) is 10.6 Å². The summed E-state index contributed by atoms with van der Waals surface area (Å²) in [4.78, 5) is 34.4. The normalized spacial score (nSPS) is 11.4. The molecule has 0 aliphatic carbocycles. The van der Waals surface area contributed by atoms with Crippen LogP contribution >= 0.6 is 0 Å². The maximum Gasteiger partial charge on any atom is 0.321 e. The van der Waals surface area contributed by atoms with E-state index in [1.165, 1.54) is 19.9 Å². The molecule has 114 valence electrons. The highest BCUT2D eigenvalue weighted by Crippen LogP contribution is 2.21. The molecule has 0 fully saturated rings.